The molecule has 0 N–H and O–H groups in total. The molecule has 0 bridgehead atoms. The summed E-state index contributed by atoms with van der Waals surface area (Å²) >= 11 is 0. The third-order valence-electron chi connectivity index (χ3n) is 5.50. The molecule has 188 valence electrons. The van der Waals surface area contributed by atoms with Crippen LogP contribution in [0.2, 0.25) is 0 Å². The minimum absolute atomic E-state index is 0.0195. The van der Waals surface area contributed by atoms with Gasteiger partial charge in [-0.2, -0.15) is 8.78 Å². The Morgan fingerprint density at radius 1 is 0.622 bits per heavy atom. The van der Waals surface area contributed by atoms with Gasteiger partial charge in [0.05, 0.1) is 5.56 Å². The van der Waals surface area contributed by atoms with Crippen molar-refractivity contribution in [3.8, 4) is 33.4 Å². The smallest absolute Gasteiger partial charge is 0.310 e. The third kappa shape index (κ3) is 5.43. The highest BCUT2D eigenvalue weighted by Gasteiger charge is 2.19. The van der Waals surface area contributed by atoms with Crippen LogP contribution < -0.4 is 0 Å². The van der Waals surface area contributed by atoms with Gasteiger partial charge in [0.2, 0.25) is 5.83 Å². The van der Waals surface area contributed by atoms with Crippen LogP contribution in [0.1, 0.15) is 5.56 Å². The predicted molar refractivity (Wildman–Crippen MR) is 128 cm³/mol. The van der Waals surface area contributed by atoms with Crippen LogP contribution in [0.25, 0.3) is 39.2 Å². The molecule has 0 aliphatic heterocycles. The molecule has 4 rings (SSSR count). The van der Waals surface area contributed by atoms with Gasteiger partial charge in [0.1, 0.15) is 18.2 Å². The Morgan fingerprint density at radius 2 is 1.05 bits per heavy atom. The Kier molecular flexibility index (Phi) is 7.47. The van der Waals surface area contributed by atoms with Gasteiger partial charge >= 0.3 is 6.01 Å². The molecule has 0 radical (unpaired) electrons. The molecule has 0 aliphatic carbocycles. The van der Waals surface area contributed by atoms with E-state index in [4.69, 9.17) is 0 Å². The fourth-order valence-electron chi connectivity index (χ4n) is 3.69. The molecular formula is C29H17F7O. The average Bonchev–Trinajstić information content (AvgIpc) is 2.89. The van der Waals surface area contributed by atoms with Crippen molar-refractivity contribution in [2.75, 3.05) is 6.61 Å². The second-order valence-corrected chi connectivity index (χ2v) is 7.91. The zero-order valence-corrected chi connectivity index (χ0v) is 19.0. The van der Waals surface area contributed by atoms with Gasteiger partial charge in [-0.05, 0) is 52.1 Å². The Morgan fingerprint density at radius 3 is 1.54 bits per heavy atom. The summed E-state index contributed by atoms with van der Waals surface area (Å²) in [7, 11) is 0. The van der Waals surface area contributed by atoms with Crippen LogP contribution in [0.4, 0.5) is 30.7 Å². The number of hydrogen-bond acceptors (Lipinski definition) is 1. The van der Waals surface area contributed by atoms with Crippen LogP contribution in [0.15, 0.2) is 91.5 Å². The monoisotopic (exact) mass is 514 g/mol. The molecule has 0 spiro atoms. The standard InChI is InChI=1S/C29H17F7O/c1-2-11-37-29(36)27(34)19-9-7-17(8-10-19)16-3-5-18(6-4-16)20-12-22(30)26(23(31)13-20)21-14-24(32)28(35)25(33)15-21/h2-10,12-15H,1,11H2/b29-27-. The maximum atomic E-state index is 14.8. The summed E-state index contributed by atoms with van der Waals surface area (Å²) < 4.78 is 102. The van der Waals surface area contributed by atoms with Crippen LogP contribution in [-0.4, -0.2) is 6.61 Å². The fourth-order valence-corrected chi connectivity index (χ4v) is 3.69. The molecule has 0 heterocycles. The molecule has 0 aliphatic rings. The third-order valence-corrected chi connectivity index (χ3v) is 5.50. The van der Waals surface area contributed by atoms with Gasteiger partial charge in [0.15, 0.2) is 17.5 Å². The highest BCUT2D eigenvalue weighted by atomic mass is 19.2. The Bertz CT molecular complexity index is 1440. The van der Waals surface area contributed by atoms with Crippen molar-refractivity contribution in [2.45, 2.75) is 0 Å². The zero-order valence-electron chi connectivity index (χ0n) is 19.0. The minimum Gasteiger partial charge on any atom is -0.464 e. The number of ether oxygens (including phenoxy) is 1. The number of halogens is 7. The van der Waals surface area contributed by atoms with E-state index < -0.39 is 52.1 Å². The Balaban J connectivity index is 1.59. The van der Waals surface area contributed by atoms with Crippen LogP contribution in [0, 0.1) is 29.1 Å². The molecule has 4 aromatic carbocycles. The van der Waals surface area contributed by atoms with E-state index in [2.05, 4.69) is 11.3 Å². The van der Waals surface area contributed by atoms with Gasteiger partial charge in [-0.1, -0.05) is 61.2 Å². The van der Waals surface area contributed by atoms with Crippen molar-refractivity contribution in [1.82, 2.24) is 0 Å². The topological polar surface area (TPSA) is 9.23 Å². The van der Waals surface area contributed by atoms with Crippen molar-refractivity contribution in [3.63, 3.8) is 0 Å². The second-order valence-electron chi connectivity index (χ2n) is 7.91. The zero-order chi connectivity index (χ0) is 26.7. The second kappa shape index (κ2) is 10.7. The van der Waals surface area contributed by atoms with E-state index in [9.17, 15) is 30.7 Å². The SMILES string of the molecule is C=CCO/C(F)=C(\F)c1ccc(-c2ccc(-c3cc(F)c(-c4cc(F)c(F)c(F)c4)c(F)c3)cc2)cc1. The van der Waals surface area contributed by atoms with Crippen molar-refractivity contribution in [3.05, 3.63) is 126 Å². The molecule has 0 saturated carbocycles. The maximum absolute atomic E-state index is 14.8. The van der Waals surface area contributed by atoms with Gasteiger partial charge in [0.25, 0.3) is 0 Å². The van der Waals surface area contributed by atoms with Gasteiger partial charge in [0, 0.05) is 5.56 Å². The Hall–Kier alpha value is -4.33. The molecule has 37 heavy (non-hydrogen) atoms. The first-order chi connectivity index (χ1) is 17.7. The lowest BCUT2D eigenvalue weighted by Gasteiger charge is -2.11. The molecule has 0 fully saturated rings. The van der Waals surface area contributed by atoms with Crippen molar-refractivity contribution in [1.29, 1.82) is 0 Å². The summed E-state index contributed by atoms with van der Waals surface area (Å²) in [5.41, 5.74) is 0.777. The van der Waals surface area contributed by atoms with Gasteiger partial charge < -0.3 is 4.74 Å². The minimum atomic E-state index is -1.73. The Labute approximate surface area is 207 Å². The molecule has 0 unspecified atom stereocenters. The highest BCUT2D eigenvalue weighted by molar-refractivity contribution is 5.75. The molecule has 1 nitrogen and oxygen atoms in total. The van der Waals surface area contributed by atoms with Gasteiger partial charge in [-0.15, -0.1) is 0 Å². The summed E-state index contributed by atoms with van der Waals surface area (Å²) in [6.07, 6.45) is 1.28. The van der Waals surface area contributed by atoms with E-state index in [1.807, 2.05) is 0 Å². The number of benzene rings is 4. The summed E-state index contributed by atoms with van der Waals surface area (Å²) in [5.74, 6) is -8.18. The average molecular weight is 514 g/mol. The molecule has 8 heteroatoms. The first-order valence-corrected chi connectivity index (χ1v) is 10.8. The lowest BCUT2D eigenvalue weighted by molar-refractivity contribution is 0.169. The van der Waals surface area contributed by atoms with Crippen molar-refractivity contribution in [2.24, 2.45) is 0 Å². The predicted octanol–water partition coefficient (Wildman–Crippen LogP) is 9.15. The number of rotatable bonds is 7. The lowest BCUT2D eigenvalue weighted by Crippen LogP contribution is -1.97. The summed E-state index contributed by atoms with van der Waals surface area (Å²) in [6, 6.07) is 14.1. The largest absolute Gasteiger partial charge is 0.464 e. The van der Waals surface area contributed by atoms with E-state index in [0.717, 1.165) is 12.1 Å². The summed E-state index contributed by atoms with van der Waals surface area (Å²) in [5, 5.41) is 0. The first kappa shape index (κ1) is 25.8. The maximum Gasteiger partial charge on any atom is 0.310 e. The van der Waals surface area contributed by atoms with Crippen LogP contribution >= 0.6 is 0 Å². The van der Waals surface area contributed by atoms with E-state index in [0.29, 0.717) is 28.8 Å². The van der Waals surface area contributed by atoms with E-state index in [1.165, 1.54) is 18.2 Å². The van der Waals surface area contributed by atoms with Gasteiger partial charge in [-0.25, -0.2) is 22.0 Å². The molecule has 0 amide bonds. The van der Waals surface area contributed by atoms with Gasteiger partial charge in [-0.3, -0.25) is 0 Å². The summed E-state index contributed by atoms with van der Waals surface area (Å²) in [4.78, 5) is 0. The lowest BCUT2D eigenvalue weighted by atomic mass is 9.96. The summed E-state index contributed by atoms with van der Waals surface area (Å²) in [6.45, 7) is 3.18. The quantitative estimate of drug-likeness (QED) is 0.103. The molecule has 0 atom stereocenters. The van der Waals surface area contributed by atoms with E-state index in [1.54, 1.807) is 36.4 Å². The van der Waals surface area contributed by atoms with Crippen LogP contribution in [0.3, 0.4) is 0 Å². The normalized spacial score (nSPS) is 11.8. The van der Waals surface area contributed by atoms with Crippen molar-refractivity contribution < 1.29 is 35.5 Å². The first-order valence-electron chi connectivity index (χ1n) is 10.8. The molecule has 0 aromatic heterocycles. The van der Waals surface area contributed by atoms with E-state index >= 15 is 0 Å². The van der Waals surface area contributed by atoms with Crippen LogP contribution in [-0.2, 0) is 4.74 Å². The number of hydrogen-bond donors (Lipinski definition) is 0. The molecule has 0 saturated heterocycles. The van der Waals surface area contributed by atoms with E-state index in [-0.39, 0.29) is 17.7 Å². The fraction of sp³-hybridized carbons (Fsp3) is 0.0345. The highest BCUT2D eigenvalue weighted by Crippen LogP contribution is 2.34. The van der Waals surface area contributed by atoms with Crippen LogP contribution in [0.5, 0.6) is 0 Å². The molecular weight excluding hydrogens is 497 g/mol. The molecule has 4 aromatic rings. The van der Waals surface area contributed by atoms with Crippen molar-refractivity contribution >= 4 is 5.83 Å².